The maximum atomic E-state index is 12.8. The number of thiazole rings is 1. The number of aryl methyl sites for hydroxylation is 1. The first-order chi connectivity index (χ1) is 13.1. The third-order valence-electron chi connectivity index (χ3n) is 4.40. The van der Waals surface area contributed by atoms with Gasteiger partial charge in [0, 0.05) is 29.6 Å². The Labute approximate surface area is 160 Å². The van der Waals surface area contributed by atoms with Gasteiger partial charge in [-0.25, -0.2) is 4.98 Å². The summed E-state index contributed by atoms with van der Waals surface area (Å²) in [6.07, 6.45) is 2.26. The minimum atomic E-state index is -0.283. The molecule has 1 aromatic carbocycles. The fourth-order valence-corrected chi connectivity index (χ4v) is 4.06. The minimum absolute atomic E-state index is 0.0248. The van der Waals surface area contributed by atoms with Crippen molar-refractivity contribution in [1.82, 2.24) is 14.9 Å². The molecular weight excluding hydrogens is 360 g/mol. The van der Waals surface area contributed by atoms with E-state index in [0.717, 1.165) is 16.1 Å². The number of anilines is 1. The van der Waals surface area contributed by atoms with E-state index in [9.17, 15) is 9.59 Å². The summed E-state index contributed by atoms with van der Waals surface area (Å²) in [5.74, 6) is -0.258. The molecule has 3 heterocycles. The number of hydrogen-bond acceptors (Lipinski definition) is 5. The molecule has 6 nitrogen and oxygen atoms in total. The quantitative estimate of drug-likeness (QED) is 0.759. The van der Waals surface area contributed by atoms with E-state index in [1.807, 2.05) is 36.1 Å². The van der Waals surface area contributed by atoms with Gasteiger partial charge in [0.05, 0.1) is 12.2 Å². The number of fused-ring (bicyclic) bond motifs is 1. The SMILES string of the molecule is Cc1cccc(C(=O)N2CCc3nc(NC(=O)c4ccccn4)sc3C2)c1. The van der Waals surface area contributed by atoms with E-state index in [1.54, 1.807) is 24.4 Å². The van der Waals surface area contributed by atoms with Gasteiger partial charge in [0.25, 0.3) is 11.8 Å². The van der Waals surface area contributed by atoms with Crippen LogP contribution in [0, 0.1) is 6.92 Å². The van der Waals surface area contributed by atoms with Crippen LogP contribution in [-0.4, -0.2) is 33.2 Å². The topological polar surface area (TPSA) is 75.2 Å². The Morgan fingerprint density at radius 3 is 2.85 bits per heavy atom. The molecule has 0 spiro atoms. The summed E-state index contributed by atoms with van der Waals surface area (Å²) < 4.78 is 0. The number of nitrogens with one attached hydrogen (secondary N) is 1. The average molecular weight is 378 g/mol. The number of carbonyl (C=O) groups excluding carboxylic acids is 2. The number of benzene rings is 1. The molecule has 0 radical (unpaired) electrons. The lowest BCUT2D eigenvalue weighted by atomic mass is 10.1. The van der Waals surface area contributed by atoms with Gasteiger partial charge in [-0.05, 0) is 31.2 Å². The summed E-state index contributed by atoms with van der Waals surface area (Å²) in [5, 5.41) is 3.34. The van der Waals surface area contributed by atoms with Gasteiger partial charge < -0.3 is 4.90 Å². The van der Waals surface area contributed by atoms with Crippen molar-refractivity contribution in [2.75, 3.05) is 11.9 Å². The smallest absolute Gasteiger partial charge is 0.276 e. The Bertz CT molecular complexity index is 1000. The normalized spacial score (nSPS) is 13.1. The second-order valence-corrected chi connectivity index (χ2v) is 7.49. The van der Waals surface area contributed by atoms with E-state index >= 15 is 0 Å². The highest BCUT2D eigenvalue weighted by molar-refractivity contribution is 7.15. The second-order valence-electron chi connectivity index (χ2n) is 6.40. The van der Waals surface area contributed by atoms with Crippen LogP contribution in [-0.2, 0) is 13.0 Å². The molecule has 0 saturated carbocycles. The minimum Gasteiger partial charge on any atom is -0.333 e. The highest BCUT2D eigenvalue weighted by Gasteiger charge is 2.25. The lowest BCUT2D eigenvalue weighted by molar-refractivity contribution is 0.0736. The van der Waals surface area contributed by atoms with Crippen molar-refractivity contribution < 1.29 is 9.59 Å². The number of aromatic nitrogens is 2. The van der Waals surface area contributed by atoms with Gasteiger partial charge in [0.2, 0.25) is 0 Å². The Morgan fingerprint density at radius 2 is 2.07 bits per heavy atom. The number of amides is 2. The van der Waals surface area contributed by atoms with Crippen LogP contribution in [0.5, 0.6) is 0 Å². The molecule has 7 heteroatoms. The highest BCUT2D eigenvalue weighted by atomic mass is 32.1. The monoisotopic (exact) mass is 378 g/mol. The Kier molecular flexibility index (Phi) is 4.68. The zero-order chi connectivity index (χ0) is 18.8. The molecule has 136 valence electrons. The molecule has 0 fully saturated rings. The highest BCUT2D eigenvalue weighted by Crippen LogP contribution is 2.29. The Morgan fingerprint density at radius 1 is 1.19 bits per heavy atom. The summed E-state index contributed by atoms with van der Waals surface area (Å²) in [5.41, 5.74) is 3.06. The molecule has 4 rings (SSSR count). The third-order valence-corrected chi connectivity index (χ3v) is 5.40. The van der Waals surface area contributed by atoms with Crippen LogP contribution < -0.4 is 5.32 Å². The number of nitrogens with zero attached hydrogens (tertiary/aromatic N) is 3. The number of rotatable bonds is 3. The Hall–Kier alpha value is -3.06. The molecule has 0 unspecified atom stereocenters. The van der Waals surface area contributed by atoms with Crippen molar-refractivity contribution in [3.05, 3.63) is 76.1 Å². The van der Waals surface area contributed by atoms with Crippen LogP contribution in [0.25, 0.3) is 0 Å². The van der Waals surface area contributed by atoms with Crippen LogP contribution >= 0.6 is 11.3 Å². The van der Waals surface area contributed by atoms with Crippen molar-refractivity contribution >= 4 is 28.3 Å². The average Bonchev–Trinajstić information content (AvgIpc) is 3.09. The van der Waals surface area contributed by atoms with Crippen molar-refractivity contribution in [3.63, 3.8) is 0 Å². The summed E-state index contributed by atoms with van der Waals surface area (Å²) in [7, 11) is 0. The van der Waals surface area contributed by atoms with E-state index in [2.05, 4.69) is 15.3 Å². The Balaban J connectivity index is 1.47. The van der Waals surface area contributed by atoms with Gasteiger partial charge >= 0.3 is 0 Å². The van der Waals surface area contributed by atoms with Crippen LogP contribution in [0.2, 0.25) is 0 Å². The first-order valence-corrected chi connectivity index (χ1v) is 9.49. The van der Waals surface area contributed by atoms with E-state index in [1.165, 1.54) is 11.3 Å². The van der Waals surface area contributed by atoms with Crippen molar-refractivity contribution in [3.8, 4) is 0 Å². The van der Waals surface area contributed by atoms with Crippen LogP contribution in [0.1, 0.15) is 37.0 Å². The standard InChI is InChI=1S/C20H18N4O2S/c1-13-5-4-6-14(11-13)19(26)24-10-8-15-17(12-24)27-20(22-15)23-18(25)16-7-2-3-9-21-16/h2-7,9,11H,8,10,12H2,1H3,(H,22,23,25). The molecule has 3 aromatic rings. The van der Waals surface area contributed by atoms with Gasteiger partial charge in [-0.3, -0.25) is 19.9 Å². The van der Waals surface area contributed by atoms with Crippen molar-refractivity contribution in [1.29, 1.82) is 0 Å². The van der Waals surface area contributed by atoms with Gasteiger partial charge in [-0.1, -0.05) is 35.1 Å². The molecule has 1 aliphatic rings. The fourth-order valence-electron chi connectivity index (χ4n) is 3.04. The number of carbonyl (C=O) groups is 2. The van der Waals surface area contributed by atoms with Gasteiger partial charge in [-0.15, -0.1) is 0 Å². The van der Waals surface area contributed by atoms with Crippen LogP contribution in [0.3, 0.4) is 0 Å². The molecule has 2 aromatic heterocycles. The molecule has 0 saturated heterocycles. The molecule has 0 bridgehead atoms. The molecule has 0 atom stereocenters. The van der Waals surface area contributed by atoms with Crippen LogP contribution in [0.15, 0.2) is 48.7 Å². The van der Waals surface area contributed by atoms with Gasteiger partial charge in [-0.2, -0.15) is 0 Å². The molecule has 0 aliphatic carbocycles. The van der Waals surface area contributed by atoms with Crippen LogP contribution in [0.4, 0.5) is 5.13 Å². The maximum absolute atomic E-state index is 12.8. The molecule has 27 heavy (non-hydrogen) atoms. The van der Waals surface area contributed by atoms with Gasteiger partial charge in [0.15, 0.2) is 5.13 Å². The van der Waals surface area contributed by atoms with Gasteiger partial charge in [0.1, 0.15) is 5.69 Å². The third kappa shape index (κ3) is 3.73. The first kappa shape index (κ1) is 17.4. The lowest BCUT2D eigenvalue weighted by Crippen LogP contribution is -2.35. The summed E-state index contributed by atoms with van der Waals surface area (Å²) in [4.78, 5) is 36.4. The second kappa shape index (κ2) is 7.28. The number of hydrogen-bond donors (Lipinski definition) is 1. The maximum Gasteiger partial charge on any atom is 0.276 e. The van der Waals surface area contributed by atoms with Crippen molar-refractivity contribution in [2.45, 2.75) is 19.9 Å². The molecule has 2 amide bonds. The summed E-state index contributed by atoms with van der Waals surface area (Å²) in [6.45, 7) is 3.11. The molecule has 1 aliphatic heterocycles. The lowest BCUT2D eigenvalue weighted by Gasteiger charge is -2.26. The predicted octanol–water partition coefficient (Wildman–Crippen LogP) is 3.30. The van der Waals surface area contributed by atoms with E-state index < -0.39 is 0 Å². The largest absolute Gasteiger partial charge is 0.333 e. The number of pyridine rings is 1. The van der Waals surface area contributed by atoms with Crippen molar-refractivity contribution in [2.24, 2.45) is 0 Å². The predicted molar refractivity (Wildman–Crippen MR) is 104 cm³/mol. The van der Waals surface area contributed by atoms with E-state index in [0.29, 0.717) is 35.9 Å². The van der Waals surface area contributed by atoms with E-state index in [4.69, 9.17) is 0 Å². The molecule has 1 N–H and O–H groups in total. The summed E-state index contributed by atoms with van der Waals surface area (Å²) >= 11 is 1.41. The molecular formula is C20H18N4O2S. The van der Waals surface area contributed by atoms with E-state index in [-0.39, 0.29) is 11.8 Å². The fraction of sp³-hybridized carbons (Fsp3) is 0.200. The summed E-state index contributed by atoms with van der Waals surface area (Å²) in [6, 6.07) is 12.8. The first-order valence-electron chi connectivity index (χ1n) is 8.67. The zero-order valence-corrected chi connectivity index (χ0v) is 15.6. The zero-order valence-electron chi connectivity index (χ0n) is 14.8.